The van der Waals surface area contributed by atoms with E-state index in [9.17, 15) is 4.79 Å². The predicted octanol–water partition coefficient (Wildman–Crippen LogP) is 4.53. The molecule has 0 fully saturated rings. The van der Waals surface area contributed by atoms with Gasteiger partial charge in [-0.1, -0.05) is 41.7 Å². The Labute approximate surface area is 169 Å². The van der Waals surface area contributed by atoms with Crippen LogP contribution in [0.4, 0.5) is 10.8 Å². The summed E-state index contributed by atoms with van der Waals surface area (Å²) >= 11 is 2.67. The highest BCUT2D eigenvalue weighted by molar-refractivity contribution is 7.21. The summed E-state index contributed by atoms with van der Waals surface area (Å²) in [5.74, 6) is -0.269. The molecule has 1 amide bonds. The van der Waals surface area contributed by atoms with Crippen LogP contribution in [0.15, 0.2) is 36.4 Å². The molecule has 0 bridgehead atoms. The van der Waals surface area contributed by atoms with Gasteiger partial charge >= 0.3 is 0 Å². The summed E-state index contributed by atoms with van der Waals surface area (Å²) in [6.45, 7) is 0. The van der Waals surface area contributed by atoms with E-state index in [1.54, 1.807) is 0 Å². The average Bonchev–Trinajstić information content (AvgIpc) is 3.32. The summed E-state index contributed by atoms with van der Waals surface area (Å²) in [7, 11) is 0. The van der Waals surface area contributed by atoms with Crippen LogP contribution in [0.1, 0.15) is 33.8 Å². The maximum Gasteiger partial charge on any atom is 0.269 e. The fourth-order valence-corrected chi connectivity index (χ4v) is 5.19. The molecule has 0 radical (unpaired) electrons. The van der Waals surface area contributed by atoms with Crippen LogP contribution in [0.3, 0.4) is 0 Å². The van der Waals surface area contributed by atoms with Crippen LogP contribution in [0.2, 0.25) is 0 Å². The van der Waals surface area contributed by atoms with Crippen molar-refractivity contribution >= 4 is 49.6 Å². The lowest BCUT2D eigenvalue weighted by Crippen LogP contribution is -2.11. The van der Waals surface area contributed by atoms with Crippen LogP contribution >= 0.6 is 22.7 Å². The van der Waals surface area contributed by atoms with E-state index < -0.39 is 0 Å². The number of hydrogen-bond acceptors (Lipinski definition) is 7. The van der Waals surface area contributed by atoms with E-state index in [2.05, 4.69) is 21.6 Å². The van der Waals surface area contributed by atoms with Crippen molar-refractivity contribution in [3.8, 4) is 10.6 Å². The van der Waals surface area contributed by atoms with E-state index in [0.717, 1.165) is 39.3 Å². The van der Waals surface area contributed by atoms with Gasteiger partial charge in [0.1, 0.15) is 14.7 Å². The SMILES string of the molecule is Nc1c(C(=O)Nc2nnc(-c3ccccc3)s2)sc2nc3c(cc12)CCCC3. The van der Waals surface area contributed by atoms with Crippen molar-refractivity contribution in [2.24, 2.45) is 0 Å². The molecule has 3 aromatic heterocycles. The van der Waals surface area contributed by atoms with Crippen LogP contribution in [0.5, 0.6) is 0 Å². The first-order chi connectivity index (χ1) is 13.7. The molecule has 1 aliphatic carbocycles. The van der Waals surface area contributed by atoms with E-state index in [0.29, 0.717) is 15.7 Å². The van der Waals surface area contributed by atoms with Gasteiger partial charge in [0, 0.05) is 16.6 Å². The predicted molar refractivity (Wildman–Crippen MR) is 114 cm³/mol. The lowest BCUT2D eigenvalue weighted by Gasteiger charge is -2.14. The molecule has 0 unspecified atom stereocenters. The van der Waals surface area contributed by atoms with Gasteiger partial charge in [-0.25, -0.2) is 4.98 Å². The van der Waals surface area contributed by atoms with Crippen molar-refractivity contribution in [1.82, 2.24) is 15.2 Å². The lowest BCUT2D eigenvalue weighted by atomic mass is 9.95. The molecule has 1 aliphatic rings. The van der Waals surface area contributed by atoms with E-state index in [1.807, 2.05) is 30.3 Å². The number of nitrogens with two attached hydrogens (primary N) is 1. The molecule has 28 heavy (non-hydrogen) atoms. The molecule has 0 aliphatic heterocycles. The zero-order valence-corrected chi connectivity index (χ0v) is 16.6. The number of rotatable bonds is 3. The number of aryl methyl sites for hydroxylation is 2. The number of hydrogen-bond donors (Lipinski definition) is 2. The zero-order chi connectivity index (χ0) is 19.1. The number of pyridine rings is 1. The number of nitrogen functional groups attached to an aromatic ring is 1. The molecule has 0 saturated heterocycles. The van der Waals surface area contributed by atoms with E-state index in [4.69, 9.17) is 10.7 Å². The summed E-state index contributed by atoms with van der Waals surface area (Å²) in [6.07, 6.45) is 4.37. The summed E-state index contributed by atoms with van der Waals surface area (Å²) in [4.78, 5) is 18.9. The molecule has 0 spiro atoms. The first-order valence-corrected chi connectivity index (χ1v) is 10.7. The van der Waals surface area contributed by atoms with E-state index in [1.165, 1.54) is 41.1 Å². The Morgan fingerprint density at radius 1 is 1.07 bits per heavy atom. The van der Waals surface area contributed by atoms with Crippen molar-refractivity contribution in [3.63, 3.8) is 0 Å². The molecule has 5 rings (SSSR count). The highest BCUT2D eigenvalue weighted by Gasteiger charge is 2.21. The average molecular weight is 408 g/mol. The van der Waals surface area contributed by atoms with E-state index in [-0.39, 0.29) is 5.91 Å². The number of thiophene rings is 1. The molecule has 1 aromatic carbocycles. The Hall–Kier alpha value is -2.84. The number of nitrogens with zero attached hydrogens (tertiary/aromatic N) is 3. The van der Waals surface area contributed by atoms with Gasteiger partial charge in [-0.3, -0.25) is 10.1 Å². The molecular weight excluding hydrogens is 390 g/mol. The molecule has 0 atom stereocenters. The van der Waals surface area contributed by atoms with E-state index >= 15 is 0 Å². The van der Waals surface area contributed by atoms with Gasteiger partial charge in [-0.15, -0.1) is 21.5 Å². The maximum absolute atomic E-state index is 12.8. The van der Waals surface area contributed by atoms with Crippen molar-refractivity contribution in [2.45, 2.75) is 25.7 Å². The Morgan fingerprint density at radius 3 is 2.75 bits per heavy atom. The third kappa shape index (κ3) is 3.04. The largest absolute Gasteiger partial charge is 0.397 e. The highest BCUT2D eigenvalue weighted by atomic mass is 32.1. The van der Waals surface area contributed by atoms with Gasteiger partial charge < -0.3 is 5.73 Å². The van der Waals surface area contributed by atoms with Gasteiger partial charge in [0.25, 0.3) is 5.91 Å². The summed E-state index contributed by atoms with van der Waals surface area (Å²) in [6, 6.07) is 11.9. The first-order valence-electron chi connectivity index (χ1n) is 9.10. The van der Waals surface area contributed by atoms with Gasteiger partial charge in [-0.05, 0) is 37.3 Å². The fraction of sp³-hybridized carbons (Fsp3) is 0.200. The summed E-state index contributed by atoms with van der Waals surface area (Å²) < 4.78 is 0. The smallest absolute Gasteiger partial charge is 0.269 e. The molecule has 3 heterocycles. The molecule has 3 N–H and O–H groups in total. The molecule has 0 saturated carbocycles. The number of carbonyl (C=O) groups excluding carboxylic acids is 1. The van der Waals surface area contributed by atoms with Crippen LogP contribution in [-0.4, -0.2) is 21.1 Å². The molecule has 6 nitrogen and oxygen atoms in total. The van der Waals surface area contributed by atoms with Crippen molar-refractivity contribution < 1.29 is 4.79 Å². The molecule has 140 valence electrons. The van der Waals surface area contributed by atoms with Gasteiger partial charge in [0.15, 0.2) is 0 Å². The topological polar surface area (TPSA) is 93.8 Å². The third-order valence-corrected chi connectivity index (χ3v) is 6.87. The zero-order valence-electron chi connectivity index (χ0n) is 14.9. The third-order valence-electron chi connectivity index (χ3n) is 4.87. The summed E-state index contributed by atoms with van der Waals surface area (Å²) in [5, 5.41) is 13.2. The van der Waals surface area contributed by atoms with Gasteiger partial charge in [-0.2, -0.15) is 0 Å². The van der Waals surface area contributed by atoms with Crippen molar-refractivity contribution in [3.05, 3.63) is 52.5 Å². The van der Waals surface area contributed by atoms with Crippen LogP contribution in [0, 0.1) is 0 Å². The number of fused-ring (bicyclic) bond motifs is 2. The van der Waals surface area contributed by atoms with Crippen molar-refractivity contribution in [1.29, 1.82) is 0 Å². The number of nitrogens with one attached hydrogen (secondary N) is 1. The molecular formula is C20H17N5OS2. The van der Waals surface area contributed by atoms with Crippen LogP contribution < -0.4 is 11.1 Å². The molecule has 8 heteroatoms. The fourth-order valence-electron chi connectivity index (χ4n) is 3.45. The monoisotopic (exact) mass is 407 g/mol. The van der Waals surface area contributed by atoms with Crippen molar-refractivity contribution in [2.75, 3.05) is 11.1 Å². The van der Waals surface area contributed by atoms with Gasteiger partial charge in [0.2, 0.25) is 5.13 Å². The minimum Gasteiger partial charge on any atom is -0.397 e. The lowest BCUT2D eigenvalue weighted by molar-refractivity contribution is 0.103. The second-order valence-corrected chi connectivity index (χ2v) is 8.71. The second kappa shape index (κ2) is 6.96. The Bertz CT molecular complexity index is 1180. The number of carbonyl (C=O) groups is 1. The number of amides is 1. The second-order valence-electron chi connectivity index (χ2n) is 6.73. The minimum absolute atomic E-state index is 0.269. The normalized spacial score (nSPS) is 13.4. The Balaban J connectivity index is 1.43. The Morgan fingerprint density at radius 2 is 1.89 bits per heavy atom. The van der Waals surface area contributed by atoms with Crippen LogP contribution in [0.25, 0.3) is 20.8 Å². The van der Waals surface area contributed by atoms with Gasteiger partial charge in [0.05, 0.1) is 5.69 Å². The standard InChI is InChI=1S/C20H17N5OS2/c21-15-13-10-12-8-4-5-9-14(12)22-19(13)27-16(15)17(26)23-20-25-24-18(28-20)11-6-2-1-3-7-11/h1-3,6-7,10H,4-5,8-9,21H2,(H,23,25,26). The summed E-state index contributed by atoms with van der Waals surface area (Å²) in [5.41, 5.74) is 10.2. The highest BCUT2D eigenvalue weighted by Crippen LogP contribution is 2.36. The number of anilines is 2. The van der Waals surface area contributed by atoms with Crippen LogP contribution in [-0.2, 0) is 12.8 Å². The molecule has 4 aromatic rings. The Kier molecular flexibility index (Phi) is 4.29. The minimum atomic E-state index is -0.269. The number of aromatic nitrogens is 3. The first kappa shape index (κ1) is 17.3. The maximum atomic E-state index is 12.8. The number of benzene rings is 1. The quantitative estimate of drug-likeness (QED) is 0.520.